The summed E-state index contributed by atoms with van der Waals surface area (Å²) in [5.74, 6) is 0.452. The summed E-state index contributed by atoms with van der Waals surface area (Å²) in [6.45, 7) is 3.24. The van der Waals surface area contributed by atoms with Gasteiger partial charge in [-0.3, -0.25) is 4.98 Å². The highest BCUT2D eigenvalue weighted by Gasteiger charge is 2.30. The lowest BCUT2D eigenvalue weighted by molar-refractivity contribution is 0.388. The van der Waals surface area contributed by atoms with E-state index >= 15 is 0 Å². The molecule has 0 aliphatic heterocycles. The summed E-state index contributed by atoms with van der Waals surface area (Å²) in [6, 6.07) is 4.58. The maximum Gasteiger partial charge on any atom is 0.0795 e. The van der Waals surface area contributed by atoms with E-state index in [9.17, 15) is 0 Å². The van der Waals surface area contributed by atoms with E-state index in [0.717, 1.165) is 19.4 Å². The molecule has 2 atom stereocenters. The number of thiazole rings is 1. The molecule has 20 heavy (non-hydrogen) atoms. The van der Waals surface area contributed by atoms with E-state index in [4.69, 9.17) is 0 Å². The first kappa shape index (κ1) is 13.7. The Morgan fingerprint density at radius 2 is 2.40 bits per heavy atom. The van der Waals surface area contributed by atoms with Gasteiger partial charge < -0.3 is 5.32 Å². The van der Waals surface area contributed by atoms with Crippen LogP contribution in [0.15, 0.2) is 29.2 Å². The van der Waals surface area contributed by atoms with E-state index in [1.165, 1.54) is 29.8 Å². The summed E-state index contributed by atoms with van der Waals surface area (Å²) in [6.07, 6.45) is 6.68. The third kappa shape index (κ3) is 2.76. The zero-order valence-electron chi connectivity index (χ0n) is 11.9. The molecule has 0 radical (unpaired) electrons. The van der Waals surface area contributed by atoms with Gasteiger partial charge in [-0.25, -0.2) is 4.98 Å². The fourth-order valence-electron chi connectivity index (χ4n) is 3.10. The largest absolute Gasteiger partial charge is 0.308 e. The highest BCUT2D eigenvalue weighted by atomic mass is 32.1. The fourth-order valence-corrected chi connectivity index (χ4v) is 3.69. The quantitative estimate of drug-likeness (QED) is 0.911. The Labute approximate surface area is 124 Å². The number of nitrogens with zero attached hydrogens (tertiary/aromatic N) is 2. The topological polar surface area (TPSA) is 37.8 Å². The van der Waals surface area contributed by atoms with Crippen LogP contribution in [-0.2, 0) is 6.42 Å². The van der Waals surface area contributed by atoms with Gasteiger partial charge in [-0.15, -0.1) is 11.3 Å². The molecular formula is C16H21N3S. The van der Waals surface area contributed by atoms with Crippen LogP contribution in [0.2, 0.25) is 0 Å². The van der Waals surface area contributed by atoms with E-state index in [0.29, 0.717) is 12.0 Å². The molecule has 3 rings (SSSR count). The molecule has 0 spiro atoms. The molecule has 4 heteroatoms. The van der Waals surface area contributed by atoms with Gasteiger partial charge in [-0.1, -0.05) is 13.0 Å². The van der Waals surface area contributed by atoms with Crippen LogP contribution in [0.3, 0.4) is 0 Å². The minimum absolute atomic E-state index is 0.301. The average molecular weight is 287 g/mol. The van der Waals surface area contributed by atoms with E-state index in [1.807, 2.05) is 11.7 Å². The average Bonchev–Trinajstić information content (AvgIpc) is 3.02. The zero-order valence-corrected chi connectivity index (χ0v) is 12.7. The third-order valence-corrected chi connectivity index (χ3v) is 4.63. The van der Waals surface area contributed by atoms with Crippen molar-refractivity contribution in [1.82, 2.24) is 15.3 Å². The van der Waals surface area contributed by atoms with Crippen molar-refractivity contribution in [3.63, 3.8) is 0 Å². The van der Waals surface area contributed by atoms with Crippen molar-refractivity contribution in [1.29, 1.82) is 0 Å². The number of aryl methyl sites for hydroxylation is 1. The smallest absolute Gasteiger partial charge is 0.0795 e. The Kier molecular flexibility index (Phi) is 4.43. The molecule has 2 heterocycles. The second-order valence-corrected chi connectivity index (χ2v) is 6.11. The normalized spacial score (nSPS) is 19.6. The van der Waals surface area contributed by atoms with Crippen LogP contribution >= 0.6 is 11.3 Å². The lowest BCUT2D eigenvalue weighted by Crippen LogP contribution is -2.30. The monoisotopic (exact) mass is 287 g/mol. The second kappa shape index (κ2) is 6.46. The fraction of sp³-hybridized carbons (Fsp3) is 0.500. The van der Waals surface area contributed by atoms with Crippen molar-refractivity contribution < 1.29 is 0 Å². The number of fused-ring (bicyclic) bond motifs is 1. The van der Waals surface area contributed by atoms with E-state index < -0.39 is 0 Å². The van der Waals surface area contributed by atoms with Gasteiger partial charge in [0, 0.05) is 23.2 Å². The highest BCUT2D eigenvalue weighted by Crippen LogP contribution is 2.38. The van der Waals surface area contributed by atoms with Crippen LogP contribution in [0.5, 0.6) is 0 Å². The van der Waals surface area contributed by atoms with Gasteiger partial charge in [0.15, 0.2) is 0 Å². The Morgan fingerprint density at radius 3 is 3.20 bits per heavy atom. The minimum atomic E-state index is 0.301. The first-order valence-electron chi connectivity index (χ1n) is 7.45. The summed E-state index contributed by atoms with van der Waals surface area (Å²) < 4.78 is 0. The summed E-state index contributed by atoms with van der Waals surface area (Å²) >= 11 is 1.68. The van der Waals surface area contributed by atoms with Crippen molar-refractivity contribution >= 4 is 11.3 Å². The lowest BCUT2D eigenvalue weighted by atomic mass is 9.81. The van der Waals surface area contributed by atoms with Gasteiger partial charge in [0.2, 0.25) is 0 Å². The molecule has 106 valence electrons. The number of rotatable bonds is 5. The van der Waals surface area contributed by atoms with Crippen molar-refractivity contribution in [3.05, 3.63) is 46.2 Å². The van der Waals surface area contributed by atoms with E-state index in [-0.39, 0.29) is 0 Å². The molecule has 0 fully saturated rings. The molecule has 2 unspecified atom stereocenters. The summed E-state index contributed by atoms with van der Waals surface area (Å²) in [7, 11) is 0. The van der Waals surface area contributed by atoms with Crippen molar-refractivity contribution in [3.8, 4) is 0 Å². The van der Waals surface area contributed by atoms with Gasteiger partial charge in [0.05, 0.1) is 17.2 Å². The molecule has 0 amide bonds. The molecule has 2 aromatic rings. The predicted octanol–water partition coefficient (Wildman–Crippen LogP) is 3.70. The Bertz CT molecular complexity index is 538. The number of pyridine rings is 1. The first-order chi connectivity index (χ1) is 9.90. The molecule has 1 aliphatic carbocycles. The predicted molar refractivity (Wildman–Crippen MR) is 83.1 cm³/mol. The Hall–Kier alpha value is -1.26. The van der Waals surface area contributed by atoms with Crippen LogP contribution in [-0.4, -0.2) is 16.5 Å². The molecule has 0 saturated carbocycles. The molecular weight excluding hydrogens is 266 g/mol. The van der Waals surface area contributed by atoms with Crippen LogP contribution < -0.4 is 5.32 Å². The van der Waals surface area contributed by atoms with E-state index in [1.54, 1.807) is 11.3 Å². The van der Waals surface area contributed by atoms with Gasteiger partial charge in [0.25, 0.3) is 0 Å². The zero-order chi connectivity index (χ0) is 13.8. The SMILES string of the molecule is CCCNC(c1cscn1)C1CCCc2cccnc21. The van der Waals surface area contributed by atoms with Crippen molar-refractivity contribution in [2.45, 2.75) is 44.6 Å². The second-order valence-electron chi connectivity index (χ2n) is 5.39. The number of hydrogen-bond donors (Lipinski definition) is 1. The standard InChI is InChI=1S/C16H21N3S/c1-2-8-17-16(14-10-20-11-19-14)13-7-3-5-12-6-4-9-18-15(12)13/h4,6,9-11,13,16-17H,2-3,5,7-8H2,1H3. The van der Waals surface area contributed by atoms with Crippen LogP contribution in [0.25, 0.3) is 0 Å². The van der Waals surface area contributed by atoms with Crippen LogP contribution in [0.4, 0.5) is 0 Å². The number of hydrogen-bond acceptors (Lipinski definition) is 4. The summed E-state index contributed by atoms with van der Waals surface area (Å²) in [5, 5.41) is 5.86. The van der Waals surface area contributed by atoms with Gasteiger partial charge in [0.1, 0.15) is 0 Å². The molecule has 1 N–H and O–H groups in total. The maximum absolute atomic E-state index is 4.68. The Balaban J connectivity index is 1.92. The number of nitrogens with one attached hydrogen (secondary N) is 1. The molecule has 0 aromatic carbocycles. The molecule has 0 saturated heterocycles. The van der Waals surface area contributed by atoms with E-state index in [2.05, 4.69) is 39.7 Å². The first-order valence-corrected chi connectivity index (χ1v) is 8.39. The van der Waals surface area contributed by atoms with Crippen molar-refractivity contribution in [2.24, 2.45) is 0 Å². The third-order valence-electron chi connectivity index (χ3n) is 4.03. The maximum atomic E-state index is 4.68. The summed E-state index contributed by atoms with van der Waals surface area (Å²) in [4.78, 5) is 9.22. The van der Waals surface area contributed by atoms with Crippen LogP contribution in [0, 0.1) is 0 Å². The van der Waals surface area contributed by atoms with Crippen molar-refractivity contribution in [2.75, 3.05) is 6.54 Å². The summed E-state index contributed by atoms with van der Waals surface area (Å²) in [5.41, 5.74) is 5.80. The highest BCUT2D eigenvalue weighted by molar-refractivity contribution is 7.07. The van der Waals surface area contributed by atoms with Gasteiger partial charge in [-0.2, -0.15) is 0 Å². The Morgan fingerprint density at radius 1 is 1.45 bits per heavy atom. The van der Waals surface area contributed by atoms with Gasteiger partial charge >= 0.3 is 0 Å². The van der Waals surface area contributed by atoms with Crippen LogP contribution in [0.1, 0.15) is 55.1 Å². The molecule has 2 aromatic heterocycles. The van der Waals surface area contributed by atoms with Gasteiger partial charge in [-0.05, 0) is 43.9 Å². The molecule has 0 bridgehead atoms. The number of aromatic nitrogens is 2. The molecule has 3 nitrogen and oxygen atoms in total. The lowest BCUT2D eigenvalue weighted by Gasteiger charge is -2.31. The molecule has 1 aliphatic rings. The minimum Gasteiger partial charge on any atom is -0.308 e.